The number of nitrogens with zero attached hydrogens (tertiary/aromatic N) is 2. The number of rotatable bonds is 4. The molecule has 122 valence electrons. The maximum absolute atomic E-state index is 13.9. The standard InChI is InChI=1S/C16H24FN3O2/c1-12(21)10-19(2)16(22)18-13-6-5-9-20(11-13)15-8-4-3-7-14(15)17/h3-4,7-8,12-13,21H,5-6,9-11H2,1-2H3,(H,18,22). The summed E-state index contributed by atoms with van der Waals surface area (Å²) in [6.07, 6.45) is 1.22. The summed E-state index contributed by atoms with van der Waals surface area (Å²) in [7, 11) is 1.65. The monoisotopic (exact) mass is 309 g/mol. The van der Waals surface area contributed by atoms with Crippen LogP contribution < -0.4 is 10.2 Å². The van der Waals surface area contributed by atoms with Crippen molar-refractivity contribution in [2.75, 3.05) is 31.6 Å². The van der Waals surface area contributed by atoms with E-state index in [0.717, 1.165) is 19.4 Å². The highest BCUT2D eigenvalue weighted by Crippen LogP contribution is 2.22. The van der Waals surface area contributed by atoms with Crippen LogP contribution in [0.4, 0.5) is 14.9 Å². The molecule has 0 spiro atoms. The van der Waals surface area contributed by atoms with Crippen LogP contribution in [0.15, 0.2) is 24.3 Å². The third-order valence-electron chi connectivity index (χ3n) is 3.83. The smallest absolute Gasteiger partial charge is 0.317 e. The van der Waals surface area contributed by atoms with Gasteiger partial charge in [-0.05, 0) is 31.9 Å². The normalized spacial score (nSPS) is 19.6. The lowest BCUT2D eigenvalue weighted by Gasteiger charge is -2.35. The highest BCUT2D eigenvalue weighted by Gasteiger charge is 2.24. The van der Waals surface area contributed by atoms with Crippen LogP contribution in [0.5, 0.6) is 0 Å². The Kier molecular flexibility index (Phi) is 5.60. The van der Waals surface area contributed by atoms with Gasteiger partial charge in [-0.3, -0.25) is 0 Å². The van der Waals surface area contributed by atoms with Crippen LogP contribution in [-0.2, 0) is 0 Å². The fourth-order valence-electron chi connectivity index (χ4n) is 2.79. The van der Waals surface area contributed by atoms with Gasteiger partial charge < -0.3 is 20.2 Å². The number of likely N-dealkylation sites (N-methyl/N-ethyl adjacent to an activating group) is 1. The van der Waals surface area contributed by atoms with E-state index in [1.165, 1.54) is 11.0 Å². The molecule has 2 rings (SSSR count). The quantitative estimate of drug-likeness (QED) is 0.892. The zero-order chi connectivity index (χ0) is 16.1. The number of carbonyl (C=O) groups excluding carboxylic acids is 1. The molecule has 1 aromatic rings. The number of benzene rings is 1. The number of nitrogens with one attached hydrogen (secondary N) is 1. The van der Waals surface area contributed by atoms with E-state index in [-0.39, 0.29) is 24.4 Å². The van der Waals surface area contributed by atoms with Gasteiger partial charge in [0.2, 0.25) is 0 Å². The molecule has 1 aliphatic rings. The topological polar surface area (TPSA) is 55.8 Å². The molecule has 0 aliphatic carbocycles. The fraction of sp³-hybridized carbons (Fsp3) is 0.562. The van der Waals surface area contributed by atoms with Gasteiger partial charge in [-0.25, -0.2) is 9.18 Å². The second-order valence-electron chi connectivity index (χ2n) is 5.92. The van der Waals surface area contributed by atoms with Crippen LogP contribution in [0.1, 0.15) is 19.8 Å². The van der Waals surface area contributed by atoms with E-state index in [9.17, 15) is 14.3 Å². The minimum Gasteiger partial charge on any atom is -0.392 e. The third-order valence-corrected chi connectivity index (χ3v) is 3.83. The van der Waals surface area contributed by atoms with Gasteiger partial charge in [0.05, 0.1) is 11.8 Å². The Morgan fingerprint density at radius 1 is 1.55 bits per heavy atom. The Morgan fingerprint density at radius 2 is 2.27 bits per heavy atom. The van der Waals surface area contributed by atoms with Crippen molar-refractivity contribution in [2.45, 2.75) is 31.9 Å². The molecule has 0 radical (unpaired) electrons. The summed E-state index contributed by atoms with van der Waals surface area (Å²) in [4.78, 5) is 15.5. The molecule has 2 unspecified atom stereocenters. The number of halogens is 1. The molecule has 2 atom stereocenters. The summed E-state index contributed by atoms with van der Waals surface area (Å²) in [5.41, 5.74) is 0.582. The minimum atomic E-state index is -0.558. The Hall–Kier alpha value is -1.82. The number of carbonyl (C=O) groups is 1. The highest BCUT2D eigenvalue weighted by atomic mass is 19.1. The van der Waals surface area contributed by atoms with Crippen molar-refractivity contribution in [1.82, 2.24) is 10.2 Å². The van der Waals surface area contributed by atoms with Crippen LogP contribution in [0, 0.1) is 5.82 Å². The second-order valence-corrected chi connectivity index (χ2v) is 5.92. The van der Waals surface area contributed by atoms with Crippen LogP contribution >= 0.6 is 0 Å². The van der Waals surface area contributed by atoms with Gasteiger partial charge in [-0.1, -0.05) is 12.1 Å². The number of para-hydroxylation sites is 1. The van der Waals surface area contributed by atoms with Crippen molar-refractivity contribution < 1.29 is 14.3 Å². The zero-order valence-electron chi connectivity index (χ0n) is 13.1. The van der Waals surface area contributed by atoms with Crippen LogP contribution in [-0.4, -0.2) is 54.9 Å². The average molecular weight is 309 g/mol. The molecular formula is C16H24FN3O2. The Morgan fingerprint density at radius 3 is 2.95 bits per heavy atom. The molecule has 0 aromatic heterocycles. The molecule has 1 fully saturated rings. The van der Waals surface area contributed by atoms with Gasteiger partial charge in [-0.2, -0.15) is 0 Å². The van der Waals surface area contributed by atoms with Crippen LogP contribution in [0.25, 0.3) is 0 Å². The summed E-state index contributed by atoms with van der Waals surface area (Å²) in [6.45, 7) is 3.31. The number of amides is 2. The maximum Gasteiger partial charge on any atom is 0.317 e. The number of hydrogen-bond acceptors (Lipinski definition) is 3. The summed E-state index contributed by atoms with van der Waals surface area (Å²) in [5, 5.41) is 12.3. The highest BCUT2D eigenvalue weighted by molar-refractivity contribution is 5.74. The van der Waals surface area contributed by atoms with Gasteiger partial charge in [-0.15, -0.1) is 0 Å². The molecule has 1 heterocycles. The summed E-state index contributed by atoms with van der Waals surface area (Å²) >= 11 is 0. The van der Waals surface area contributed by atoms with Crippen molar-refractivity contribution in [3.05, 3.63) is 30.1 Å². The number of urea groups is 1. The lowest BCUT2D eigenvalue weighted by molar-refractivity contribution is 0.142. The predicted molar refractivity (Wildman–Crippen MR) is 84.5 cm³/mol. The molecule has 6 heteroatoms. The molecular weight excluding hydrogens is 285 g/mol. The van der Waals surface area contributed by atoms with Crippen molar-refractivity contribution >= 4 is 11.7 Å². The van der Waals surface area contributed by atoms with Crippen molar-refractivity contribution in [3.63, 3.8) is 0 Å². The maximum atomic E-state index is 13.9. The number of piperidine rings is 1. The predicted octanol–water partition coefficient (Wildman–Crippen LogP) is 1.82. The van der Waals surface area contributed by atoms with E-state index < -0.39 is 6.10 Å². The van der Waals surface area contributed by atoms with Crippen molar-refractivity contribution in [1.29, 1.82) is 0 Å². The average Bonchev–Trinajstić information content (AvgIpc) is 2.47. The van der Waals surface area contributed by atoms with Crippen LogP contribution in [0.2, 0.25) is 0 Å². The van der Waals surface area contributed by atoms with E-state index >= 15 is 0 Å². The molecule has 2 amide bonds. The number of anilines is 1. The molecule has 2 N–H and O–H groups in total. The zero-order valence-corrected chi connectivity index (χ0v) is 13.1. The Labute approximate surface area is 130 Å². The summed E-state index contributed by atoms with van der Waals surface area (Å²) in [5.74, 6) is -0.235. The number of aliphatic hydroxyl groups excluding tert-OH is 1. The van der Waals surface area contributed by atoms with E-state index in [2.05, 4.69) is 5.32 Å². The molecule has 5 nitrogen and oxygen atoms in total. The van der Waals surface area contributed by atoms with E-state index in [4.69, 9.17) is 0 Å². The first-order valence-electron chi connectivity index (χ1n) is 7.66. The first-order chi connectivity index (χ1) is 10.5. The molecule has 0 bridgehead atoms. The molecule has 22 heavy (non-hydrogen) atoms. The Bertz CT molecular complexity index is 510. The Balaban J connectivity index is 1.94. The fourth-order valence-corrected chi connectivity index (χ4v) is 2.79. The van der Waals surface area contributed by atoms with Gasteiger partial charge in [0.1, 0.15) is 5.82 Å². The largest absolute Gasteiger partial charge is 0.392 e. The molecule has 1 saturated heterocycles. The van der Waals surface area contributed by atoms with Crippen molar-refractivity contribution in [2.24, 2.45) is 0 Å². The first-order valence-corrected chi connectivity index (χ1v) is 7.66. The van der Waals surface area contributed by atoms with E-state index in [1.807, 2.05) is 11.0 Å². The van der Waals surface area contributed by atoms with Gasteiger partial charge in [0.25, 0.3) is 0 Å². The summed E-state index contributed by atoms with van der Waals surface area (Å²) < 4.78 is 13.9. The van der Waals surface area contributed by atoms with Gasteiger partial charge >= 0.3 is 6.03 Å². The summed E-state index contributed by atoms with van der Waals surface area (Å²) in [6, 6.07) is 6.48. The minimum absolute atomic E-state index is 0.0164. The molecule has 1 aliphatic heterocycles. The van der Waals surface area contributed by atoms with E-state index in [0.29, 0.717) is 12.2 Å². The number of hydrogen-bond donors (Lipinski definition) is 2. The molecule has 0 saturated carbocycles. The SMILES string of the molecule is CC(O)CN(C)C(=O)NC1CCCN(c2ccccc2F)C1. The first kappa shape index (κ1) is 16.5. The van der Waals surface area contributed by atoms with E-state index in [1.54, 1.807) is 26.1 Å². The second kappa shape index (κ2) is 7.45. The van der Waals surface area contributed by atoms with Crippen molar-refractivity contribution in [3.8, 4) is 0 Å². The van der Waals surface area contributed by atoms with Crippen LogP contribution in [0.3, 0.4) is 0 Å². The molecule has 1 aromatic carbocycles. The van der Waals surface area contributed by atoms with Gasteiger partial charge in [0, 0.05) is 32.7 Å². The lowest BCUT2D eigenvalue weighted by Crippen LogP contribution is -2.51. The number of aliphatic hydroxyl groups is 1. The van der Waals surface area contributed by atoms with Gasteiger partial charge in [0.15, 0.2) is 0 Å². The lowest BCUT2D eigenvalue weighted by atomic mass is 10.0. The third kappa shape index (κ3) is 4.34.